The van der Waals surface area contributed by atoms with E-state index in [2.05, 4.69) is 45.5 Å². The van der Waals surface area contributed by atoms with Gasteiger partial charge in [0.1, 0.15) is 0 Å². The molecule has 78 valence electrons. The van der Waals surface area contributed by atoms with Crippen molar-refractivity contribution in [1.29, 1.82) is 0 Å². The van der Waals surface area contributed by atoms with Crippen molar-refractivity contribution in [1.82, 2.24) is 9.78 Å². The maximum absolute atomic E-state index is 4.48. The lowest BCUT2D eigenvalue weighted by molar-refractivity contribution is 0.535. The minimum Gasteiger partial charge on any atom is -0.269 e. The monoisotopic (exact) mass is 304 g/mol. The number of fused-ring (bicyclic) bond motifs is 1. The zero-order valence-electron chi connectivity index (χ0n) is 8.67. The number of halogens is 1. The average Bonchev–Trinajstić information content (AvgIpc) is 2.57. The van der Waals surface area contributed by atoms with Gasteiger partial charge in [0.05, 0.1) is 6.20 Å². The molecule has 0 radical (unpaired) electrons. The maximum atomic E-state index is 4.48. The maximum Gasteiger partial charge on any atom is 0.0525 e. The fourth-order valence-electron chi connectivity index (χ4n) is 2.04. The highest BCUT2D eigenvalue weighted by atomic mass is 127. The van der Waals surface area contributed by atoms with Crippen LogP contribution in [0.25, 0.3) is 0 Å². The molecule has 1 unspecified atom stereocenters. The number of hydrogen-bond donors (Lipinski definition) is 0. The van der Waals surface area contributed by atoms with Crippen LogP contribution in [0.5, 0.6) is 0 Å². The van der Waals surface area contributed by atoms with Crippen LogP contribution in [0.15, 0.2) is 6.20 Å². The molecule has 1 aliphatic rings. The van der Waals surface area contributed by atoms with Gasteiger partial charge in [-0.1, -0.05) is 35.9 Å². The molecule has 0 bridgehead atoms. The van der Waals surface area contributed by atoms with Crippen molar-refractivity contribution >= 4 is 22.6 Å². The van der Waals surface area contributed by atoms with E-state index in [1.807, 2.05) is 0 Å². The second-order valence-electron chi connectivity index (χ2n) is 4.03. The van der Waals surface area contributed by atoms with Gasteiger partial charge in [0.2, 0.25) is 0 Å². The van der Waals surface area contributed by atoms with Crippen molar-refractivity contribution in [3.05, 3.63) is 17.5 Å². The summed E-state index contributed by atoms with van der Waals surface area (Å²) in [5.41, 5.74) is 3.00. The van der Waals surface area contributed by atoms with E-state index in [4.69, 9.17) is 0 Å². The van der Waals surface area contributed by atoms with E-state index in [1.54, 1.807) is 0 Å². The Kier molecular flexibility index (Phi) is 3.47. The van der Waals surface area contributed by atoms with E-state index < -0.39 is 0 Å². The van der Waals surface area contributed by atoms with Gasteiger partial charge in [-0.15, -0.1) is 0 Å². The van der Waals surface area contributed by atoms with Gasteiger partial charge in [-0.3, -0.25) is 4.68 Å². The molecule has 3 heteroatoms. The van der Waals surface area contributed by atoms with E-state index in [-0.39, 0.29) is 0 Å². The molecule has 0 spiro atoms. The third-order valence-electron chi connectivity index (χ3n) is 2.89. The third-order valence-corrected chi connectivity index (χ3v) is 3.96. The predicted octanol–water partition coefficient (Wildman–Crippen LogP) is 2.98. The standard InChI is InChI=1S/C11H17IN2/c1-2-3-6-14-11-5-4-10(12)7-9(11)8-13-14/h8,10H,2-7H2,1H3. The predicted molar refractivity (Wildman–Crippen MR) is 67.0 cm³/mol. The number of aryl methyl sites for hydroxylation is 1. The molecule has 0 saturated carbocycles. The Labute approximate surface area is 99.2 Å². The van der Waals surface area contributed by atoms with E-state index in [0.29, 0.717) is 0 Å². The molecule has 0 N–H and O–H groups in total. The lowest BCUT2D eigenvalue weighted by atomic mass is 9.98. The molecule has 0 saturated heterocycles. The van der Waals surface area contributed by atoms with Gasteiger partial charge in [0, 0.05) is 16.2 Å². The van der Waals surface area contributed by atoms with E-state index >= 15 is 0 Å². The minimum atomic E-state index is 0.823. The van der Waals surface area contributed by atoms with Crippen LogP contribution in [0.4, 0.5) is 0 Å². The van der Waals surface area contributed by atoms with Crippen LogP contribution >= 0.6 is 22.6 Å². The number of aromatic nitrogens is 2. The zero-order valence-corrected chi connectivity index (χ0v) is 10.8. The fourth-order valence-corrected chi connectivity index (χ4v) is 2.83. The van der Waals surface area contributed by atoms with Gasteiger partial charge in [0.15, 0.2) is 0 Å². The summed E-state index contributed by atoms with van der Waals surface area (Å²) >= 11 is 2.55. The van der Waals surface area contributed by atoms with Crippen molar-refractivity contribution < 1.29 is 0 Å². The van der Waals surface area contributed by atoms with Crippen molar-refractivity contribution in [3.8, 4) is 0 Å². The van der Waals surface area contributed by atoms with E-state index in [1.165, 1.54) is 43.4 Å². The summed E-state index contributed by atoms with van der Waals surface area (Å²) < 4.78 is 3.05. The topological polar surface area (TPSA) is 17.8 Å². The molecule has 0 aromatic carbocycles. The first-order chi connectivity index (χ1) is 6.81. The Bertz CT molecular complexity index is 306. The lowest BCUT2D eigenvalue weighted by Crippen LogP contribution is -2.15. The van der Waals surface area contributed by atoms with Crippen LogP contribution in [0.2, 0.25) is 0 Å². The number of rotatable bonds is 3. The van der Waals surface area contributed by atoms with Gasteiger partial charge < -0.3 is 0 Å². The van der Waals surface area contributed by atoms with Crippen LogP contribution < -0.4 is 0 Å². The Morgan fingerprint density at radius 1 is 1.64 bits per heavy atom. The van der Waals surface area contributed by atoms with Crippen LogP contribution in [0.3, 0.4) is 0 Å². The fraction of sp³-hybridized carbons (Fsp3) is 0.727. The Balaban J connectivity index is 2.12. The molecule has 1 aromatic rings. The van der Waals surface area contributed by atoms with E-state index in [0.717, 1.165) is 10.5 Å². The number of unbranched alkanes of at least 4 members (excludes halogenated alkanes) is 1. The van der Waals surface area contributed by atoms with E-state index in [9.17, 15) is 0 Å². The zero-order chi connectivity index (χ0) is 9.97. The van der Waals surface area contributed by atoms with Gasteiger partial charge in [-0.25, -0.2) is 0 Å². The van der Waals surface area contributed by atoms with Crippen molar-refractivity contribution in [3.63, 3.8) is 0 Å². The molecule has 0 amide bonds. The van der Waals surface area contributed by atoms with Crippen molar-refractivity contribution in [2.75, 3.05) is 0 Å². The highest BCUT2D eigenvalue weighted by Crippen LogP contribution is 2.25. The summed E-state index contributed by atoms with van der Waals surface area (Å²) in [6, 6.07) is 0. The smallest absolute Gasteiger partial charge is 0.0525 e. The molecular weight excluding hydrogens is 287 g/mol. The second-order valence-corrected chi connectivity index (χ2v) is 5.79. The number of alkyl halides is 1. The summed E-state index contributed by atoms with van der Waals surface area (Å²) in [5, 5.41) is 4.48. The summed E-state index contributed by atoms with van der Waals surface area (Å²) in [4.78, 5) is 0. The average molecular weight is 304 g/mol. The largest absolute Gasteiger partial charge is 0.269 e. The Morgan fingerprint density at radius 2 is 2.50 bits per heavy atom. The molecule has 2 rings (SSSR count). The molecule has 14 heavy (non-hydrogen) atoms. The Hall–Kier alpha value is -0.0600. The highest BCUT2D eigenvalue weighted by Gasteiger charge is 2.19. The van der Waals surface area contributed by atoms with Crippen LogP contribution in [0.1, 0.15) is 37.4 Å². The molecule has 0 aliphatic heterocycles. The first-order valence-corrected chi connectivity index (χ1v) is 6.73. The van der Waals surface area contributed by atoms with Gasteiger partial charge in [-0.2, -0.15) is 5.10 Å². The Morgan fingerprint density at radius 3 is 3.29 bits per heavy atom. The van der Waals surface area contributed by atoms with Crippen molar-refractivity contribution in [2.24, 2.45) is 0 Å². The molecule has 1 atom stereocenters. The first-order valence-electron chi connectivity index (χ1n) is 5.49. The lowest BCUT2D eigenvalue weighted by Gasteiger charge is -2.18. The van der Waals surface area contributed by atoms with Crippen LogP contribution in [0, 0.1) is 0 Å². The van der Waals surface area contributed by atoms with Crippen LogP contribution in [-0.2, 0) is 19.4 Å². The third kappa shape index (κ3) is 2.12. The van der Waals surface area contributed by atoms with Gasteiger partial charge in [0.25, 0.3) is 0 Å². The molecule has 1 heterocycles. The van der Waals surface area contributed by atoms with Gasteiger partial charge in [-0.05, 0) is 31.2 Å². The van der Waals surface area contributed by atoms with Crippen LogP contribution in [-0.4, -0.2) is 13.7 Å². The summed E-state index contributed by atoms with van der Waals surface area (Å²) in [6.45, 7) is 3.34. The molecule has 0 fully saturated rings. The SMILES string of the molecule is CCCCn1ncc2c1CCC(I)C2. The summed E-state index contributed by atoms with van der Waals surface area (Å²) in [6.07, 6.45) is 8.36. The normalized spacial score (nSPS) is 20.9. The minimum absolute atomic E-state index is 0.823. The summed E-state index contributed by atoms with van der Waals surface area (Å²) in [7, 11) is 0. The van der Waals surface area contributed by atoms with Gasteiger partial charge >= 0.3 is 0 Å². The molecular formula is C11H17IN2. The number of nitrogens with zero attached hydrogens (tertiary/aromatic N) is 2. The molecule has 1 aliphatic carbocycles. The molecule has 1 aromatic heterocycles. The number of hydrogen-bond acceptors (Lipinski definition) is 1. The first kappa shape index (κ1) is 10.5. The second kappa shape index (κ2) is 4.64. The summed E-state index contributed by atoms with van der Waals surface area (Å²) in [5.74, 6) is 0. The quantitative estimate of drug-likeness (QED) is 0.620. The van der Waals surface area contributed by atoms with Crippen molar-refractivity contribution in [2.45, 2.75) is 49.5 Å². The highest BCUT2D eigenvalue weighted by molar-refractivity contribution is 14.1. The molecule has 2 nitrogen and oxygen atoms in total.